The van der Waals surface area contributed by atoms with Gasteiger partial charge in [0.15, 0.2) is 0 Å². The molecule has 1 aromatic carbocycles. The van der Waals surface area contributed by atoms with Gasteiger partial charge in [0.1, 0.15) is 5.60 Å². The third kappa shape index (κ3) is 3.15. The lowest BCUT2D eigenvalue weighted by atomic mass is 10.0. The molecule has 0 spiro atoms. The Morgan fingerprint density at radius 2 is 2.11 bits per heavy atom. The second-order valence-electron chi connectivity index (χ2n) is 4.76. The van der Waals surface area contributed by atoms with E-state index in [-0.39, 0.29) is 5.91 Å². The molecule has 0 aliphatic carbocycles. The van der Waals surface area contributed by atoms with Crippen LogP contribution in [-0.2, 0) is 9.47 Å². The van der Waals surface area contributed by atoms with E-state index in [4.69, 9.17) is 20.9 Å². The van der Waals surface area contributed by atoms with Gasteiger partial charge in [-0.25, -0.2) is 0 Å². The Labute approximate surface area is 112 Å². The summed E-state index contributed by atoms with van der Waals surface area (Å²) in [5.74, 6) is -0.220. The van der Waals surface area contributed by atoms with Crippen LogP contribution in [0.4, 0.5) is 11.4 Å². The van der Waals surface area contributed by atoms with Gasteiger partial charge < -0.3 is 26.3 Å². The first-order valence-corrected chi connectivity index (χ1v) is 6.12. The molecule has 6 heteroatoms. The van der Waals surface area contributed by atoms with Crippen LogP contribution in [0.1, 0.15) is 16.8 Å². The summed E-state index contributed by atoms with van der Waals surface area (Å²) >= 11 is 0. The van der Waals surface area contributed by atoms with E-state index in [0.717, 1.165) is 6.42 Å². The number of amides is 1. The predicted molar refractivity (Wildman–Crippen MR) is 72.8 cm³/mol. The monoisotopic (exact) mass is 265 g/mol. The molecule has 0 aromatic heterocycles. The topological polar surface area (TPSA) is 99.6 Å². The zero-order valence-electron chi connectivity index (χ0n) is 10.9. The fourth-order valence-corrected chi connectivity index (χ4v) is 2.11. The molecule has 1 aliphatic rings. The molecule has 1 heterocycles. The first-order chi connectivity index (χ1) is 9.04. The molecule has 1 atom stereocenters. The SMILES string of the molecule is COC1(CNC(=O)c2cc(N)cc(N)c2)CCOC1. The van der Waals surface area contributed by atoms with Gasteiger partial charge in [0.2, 0.25) is 0 Å². The van der Waals surface area contributed by atoms with Crippen LogP contribution in [0, 0.1) is 0 Å². The third-order valence-electron chi connectivity index (χ3n) is 3.31. The molecule has 2 rings (SSSR count). The second-order valence-corrected chi connectivity index (χ2v) is 4.76. The minimum Gasteiger partial charge on any atom is -0.399 e. The maximum atomic E-state index is 12.0. The van der Waals surface area contributed by atoms with Crippen molar-refractivity contribution in [2.24, 2.45) is 0 Å². The van der Waals surface area contributed by atoms with Crippen LogP contribution in [0.2, 0.25) is 0 Å². The smallest absolute Gasteiger partial charge is 0.251 e. The summed E-state index contributed by atoms with van der Waals surface area (Å²) in [6.07, 6.45) is 0.767. The van der Waals surface area contributed by atoms with Gasteiger partial charge in [-0.15, -0.1) is 0 Å². The highest BCUT2D eigenvalue weighted by molar-refractivity contribution is 5.96. The zero-order valence-corrected chi connectivity index (χ0v) is 10.9. The van der Waals surface area contributed by atoms with Crippen LogP contribution in [-0.4, -0.2) is 38.4 Å². The summed E-state index contributed by atoms with van der Waals surface area (Å²) in [6, 6.07) is 4.80. The maximum Gasteiger partial charge on any atom is 0.251 e. The number of nitrogen functional groups attached to an aromatic ring is 2. The van der Waals surface area contributed by atoms with Crippen LogP contribution >= 0.6 is 0 Å². The summed E-state index contributed by atoms with van der Waals surface area (Å²) in [5.41, 5.74) is 12.3. The van der Waals surface area contributed by atoms with Crippen molar-refractivity contribution in [1.29, 1.82) is 0 Å². The van der Waals surface area contributed by atoms with Crippen molar-refractivity contribution in [3.63, 3.8) is 0 Å². The summed E-state index contributed by atoms with van der Waals surface area (Å²) < 4.78 is 10.8. The molecule has 0 radical (unpaired) electrons. The number of ether oxygens (including phenoxy) is 2. The van der Waals surface area contributed by atoms with Crippen LogP contribution in [0.25, 0.3) is 0 Å². The molecule has 1 aromatic rings. The Morgan fingerprint density at radius 3 is 2.63 bits per heavy atom. The van der Waals surface area contributed by atoms with Crippen molar-refractivity contribution in [2.45, 2.75) is 12.0 Å². The quantitative estimate of drug-likeness (QED) is 0.684. The van der Waals surface area contributed by atoms with Crippen LogP contribution in [0.3, 0.4) is 0 Å². The molecule has 19 heavy (non-hydrogen) atoms. The lowest BCUT2D eigenvalue weighted by Crippen LogP contribution is -2.45. The van der Waals surface area contributed by atoms with Gasteiger partial charge in [0.25, 0.3) is 5.91 Å². The number of hydrogen-bond donors (Lipinski definition) is 3. The molecular formula is C13H19N3O3. The number of methoxy groups -OCH3 is 1. The molecule has 0 saturated carbocycles. The van der Waals surface area contributed by atoms with Crippen molar-refractivity contribution in [2.75, 3.05) is 38.3 Å². The number of nitrogens with two attached hydrogens (primary N) is 2. The van der Waals surface area contributed by atoms with Crippen LogP contribution < -0.4 is 16.8 Å². The van der Waals surface area contributed by atoms with E-state index >= 15 is 0 Å². The summed E-state index contributed by atoms with van der Waals surface area (Å²) in [7, 11) is 1.62. The van der Waals surface area contributed by atoms with Crippen molar-refractivity contribution in [3.8, 4) is 0 Å². The van der Waals surface area contributed by atoms with Crippen LogP contribution in [0.5, 0.6) is 0 Å². The summed E-state index contributed by atoms with van der Waals surface area (Å²) in [6.45, 7) is 1.54. The second kappa shape index (κ2) is 5.46. The number of benzene rings is 1. The van der Waals surface area contributed by atoms with E-state index < -0.39 is 5.60 Å². The maximum absolute atomic E-state index is 12.0. The van der Waals surface area contributed by atoms with Gasteiger partial charge in [-0.05, 0) is 18.2 Å². The van der Waals surface area contributed by atoms with Gasteiger partial charge >= 0.3 is 0 Å². The minimum atomic E-state index is -0.429. The van der Waals surface area contributed by atoms with E-state index in [9.17, 15) is 4.79 Å². The molecule has 5 N–H and O–H groups in total. The van der Waals surface area contributed by atoms with Crippen molar-refractivity contribution >= 4 is 17.3 Å². The van der Waals surface area contributed by atoms with Crippen molar-refractivity contribution in [1.82, 2.24) is 5.32 Å². The van der Waals surface area contributed by atoms with Gasteiger partial charge in [-0.3, -0.25) is 4.79 Å². The minimum absolute atomic E-state index is 0.220. The summed E-state index contributed by atoms with van der Waals surface area (Å²) in [4.78, 5) is 12.0. The highest BCUT2D eigenvalue weighted by atomic mass is 16.5. The van der Waals surface area contributed by atoms with Gasteiger partial charge in [-0.1, -0.05) is 0 Å². The third-order valence-corrected chi connectivity index (χ3v) is 3.31. The number of carbonyl (C=O) groups excluding carboxylic acids is 1. The number of nitrogens with one attached hydrogen (secondary N) is 1. The molecule has 1 unspecified atom stereocenters. The Hall–Kier alpha value is -1.79. The van der Waals surface area contributed by atoms with Gasteiger partial charge in [-0.2, -0.15) is 0 Å². The van der Waals surface area contributed by atoms with Gasteiger partial charge in [0, 0.05) is 43.6 Å². The first-order valence-electron chi connectivity index (χ1n) is 6.12. The Morgan fingerprint density at radius 1 is 1.42 bits per heavy atom. The van der Waals surface area contributed by atoms with Crippen molar-refractivity contribution in [3.05, 3.63) is 23.8 Å². The molecule has 6 nitrogen and oxygen atoms in total. The van der Waals surface area contributed by atoms with E-state index in [1.807, 2.05) is 0 Å². The molecular weight excluding hydrogens is 246 g/mol. The average molecular weight is 265 g/mol. The van der Waals surface area contributed by atoms with Crippen molar-refractivity contribution < 1.29 is 14.3 Å². The normalized spacial score (nSPS) is 22.4. The highest BCUT2D eigenvalue weighted by Gasteiger charge is 2.35. The Balaban J connectivity index is 2.01. The standard InChI is InChI=1S/C13H19N3O3/c1-18-13(2-3-19-8-13)7-16-12(17)9-4-10(14)6-11(15)5-9/h4-6H,2-3,7-8,14-15H2,1H3,(H,16,17). The van der Waals surface area contributed by atoms with E-state index in [2.05, 4.69) is 5.32 Å². The molecule has 1 aliphatic heterocycles. The van der Waals surface area contributed by atoms with Crippen LogP contribution in [0.15, 0.2) is 18.2 Å². The average Bonchev–Trinajstić information content (AvgIpc) is 2.84. The van der Waals surface area contributed by atoms with E-state index in [1.165, 1.54) is 0 Å². The molecule has 104 valence electrons. The summed E-state index contributed by atoms with van der Waals surface area (Å²) in [5, 5.41) is 2.83. The lowest BCUT2D eigenvalue weighted by Gasteiger charge is -2.25. The number of carbonyl (C=O) groups is 1. The Bertz CT molecular complexity index is 450. The zero-order chi connectivity index (χ0) is 13.9. The predicted octanol–water partition coefficient (Wildman–Crippen LogP) is 0.386. The number of hydrogen-bond acceptors (Lipinski definition) is 5. The van der Waals surface area contributed by atoms with Gasteiger partial charge in [0.05, 0.1) is 6.61 Å². The van der Waals surface area contributed by atoms with E-state index in [0.29, 0.717) is 36.7 Å². The van der Waals surface area contributed by atoms with E-state index in [1.54, 1.807) is 25.3 Å². The number of anilines is 2. The molecule has 0 bridgehead atoms. The molecule has 1 saturated heterocycles. The Kier molecular flexibility index (Phi) is 3.92. The lowest BCUT2D eigenvalue weighted by molar-refractivity contribution is -0.0148. The fraction of sp³-hybridized carbons (Fsp3) is 0.462. The highest BCUT2D eigenvalue weighted by Crippen LogP contribution is 2.21. The molecule has 1 amide bonds. The molecule has 1 fully saturated rings. The number of rotatable bonds is 4. The first kappa shape index (κ1) is 13.6. The largest absolute Gasteiger partial charge is 0.399 e. The fourth-order valence-electron chi connectivity index (χ4n) is 2.11.